The minimum atomic E-state index is -0.921. The molecule has 2 aromatic rings. The van der Waals surface area contributed by atoms with E-state index in [-0.39, 0.29) is 21.5 Å². The SMILES string of the molecule is NC(Cc1ccc(F)cc1Cl)c1c(F)ccc(Br)c1F. The third-order valence-corrected chi connectivity index (χ3v) is 3.87. The molecule has 1 atom stereocenters. The molecular formula is C14H10BrClF3N. The highest BCUT2D eigenvalue weighted by molar-refractivity contribution is 9.10. The van der Waals surface area contributed by atoms with E-state index < -0.39 is 23.5 Å². The molecule has 6 heteroatoms. The van der Waals surface area contributed by atoms with Crippen molar-refractivity contribution in [2.24, 2.45) is 5.73 Å². The minimum Gasteiger partial charge on any atom is -0.323 e. The number of benzene rings is 2. The highest BCUT2D eigenvalue weighted by Crippen LogP contribution is 2.29. The van der Waals surface area contributed by atoms with E-state index >= 15 is 0 Å². The summed E-state index contributed by atoms with van der Waals surface area (Å²) < 4.78 is 40.7. The predicted octanol–water partition coefficient (Wildman–Crippen LogP) is 4.76. The molecule has 2 N–H and O–H groups in total. The lowest BCUT2D eigenvalue weighted by Gasteiger charge is -2.15. The summed E-state index contributed by atoms with van der Waals surface area (Å²) in [6.45, 7) is 0. The summed E-state index contributed by atoms with van der Waals surface area (Å²) in [7, 11) is 0. The average molecular weight is 365 g/mol. The van der Waals surface area contributed by atoms with Crippen LogP contribution in [0.2, 0.25) is 5.02 Å². The first-order chi connectivity index (χ1) is 9.40. The highest BCUT2D eigenvalue weighted by Gasteiger charge is 2.20. The fourth-order valence-corrected chi connectivity index (χ4v) is 2.50. The molecule has 0 saturated carbocycles. The van der Waals surface area contributed by atoms with Crippen molar-refractivity contribution in [2.45, 2.75) is 12.5 Å². The Bertz CT molecular complexity index is 649. The molecule has 106 valence electrons. The Hall–Kier alpha value is -1.04. The molecule has 0 saturated heterocycles. The van der Waals surface area contributed by atoms with Gasteiger partial charge >= 0.3 is 0 Å². The zero-order chi connectivity index (χ0) is 14.9. The van der Waals surface area contributed by atoms with Gasteiger partial charge in [-0.15, -0.1) is 0 Å². The maximum Gasteiger partial charge on any atom is 0.145 e. The van der Waals surface area contributed by atoms with Crippen LogP contribution in [0.5, 0.6) is 0 Å². The Labute approximate surface area is 127 Å². The van der Waals surface area contributed by atoms with Crippen LogP contribution in [-0.2, 0) is 6.42 Å². The molecule has 0 amide bonds. The zero-order valence-corrected chi connectivity index (χ0v) is 12.5. The standard InChI is InChI=1S/C14H10BrClF3N/c15-9-3-4-11(18)13(14(9)19)12(20)5-7-1-2-8(17)6-10(7)16/h1-4,6,12H,5,20H2. The van der Waals surface area contributed by atoms with E-state index in [9.17, 15) is 13.2 Å². The van der Waals surface area contributed by atoms with Gasteiger partial charge in [-0.2, -0.15) is 0 Å². The lowest BCUT2D eigenvalue weighted by atomic mass is 9.98. The van der Waals surface area contributed by atoms with Crippen LogP contribution in [0.25, 0.3) is 0 Å². The van der Waals surface area contributed by atoms with Crippen LogP contribution in [0.3, 0.4) is 0 Å². The molecule has 20 heavy (non-hydrogen) atoms. The lowest BCUT2D eigenvalue weighted by Crippen LogP contribution is -2.17. The van der Waals surface area contributed by atoms with Gasteiger partial charge in [-0.1, -0.05) is 17.7 Å². The third-order valence-electron chi connectivity index (χ3n) is 2.91. The molecule has 0 aliphatic heterocycles. The third kappa shape index (κ3) is 3.16. The maximum atomic E-state index is 13.9. The van der Waals surface area contributed by atoms with E-state index in [1.807, 2.05) is 0 Å². The van der Waals surface area contributed by atoms with Crippen molar-refractivity contribution in [3.05, 3.63) is 68.4 Å². The van der Waals surface area contributed by atoms with Gasteiger partial charge in [0.15, 0.2) is 0 Å². The van der Waals surface area contributed by atoms with Gasteiger partial charge in [0.25, 0.3) is 0 Å². The van der Waals surface area contributed by atoms with Gasteiger partial charge in [0.1, 0.15) is 17.5 Å². The summed E-state index contributed by atoms with van der Waals surface area (Å²) in [4.78, 5) is 0. The van der Waals surface area contributed by atoms with Crippen molar-refractivity contribution >= 4 is 27.5 Å². The zero-order valence-electron chi connectivity index (χ0n) is 10.1. The Balaban J connectivity index is 2.33. The van der Waals surface area contributed by atoms with Crippen LogP contribution in [0, 0.1) is 17.5 Å². The lowest BCUT2D eigenvalue weighted by molar-refractivity contribution is 0.521. The second-order valence-corrected chi connectivity index (χ2v) is 5.56. The monoisotopic (exact) mass is 363 g/mol. The van der Waals surface area contributed by atoms with Crippen molar-refractivity contribution in [1.29, 1.82) is 0 Å². The average Bonchev–Trinajstić information content (AvgIpc) is 2.38. The van der Waals surface area contributed by atoms with E-state index in [1.54, 1.807) is 0 Å². The summed E-state index contributed by atoms with van der Waals surface area (Å²) in [6, 6.07) is 5.29. The second kappa shape index (κ2) is 6.16. The largest absolute Gasteiger partial charge is 0.323 e. The number of hydrogen-bond acceptors (Lipinski definition) is 1. The van der Waals surface area contributed by atoms with Gasteiger partial charge in [-0.05, 0) is 52.2 Å². The van der Waals surface area contributed by atoms with Crippen LogP contribution in [-0.4, -0.2) is 0 Å². The van der Waals surface area contributed by atoms with Gasteiger partial charge in [-0.25, -0.2) is 13.2 Å². The first kappa shape index (κ1) is 15.4. The highest BCUT2D eigenvalue weighted by atomic mass is 79.9. The maximum absolute atomic E-state index is 13.9. The van der Waals surface area contributed by atoms with Gasteiger partial charge in [0, 0.05) is 16.6 Å². The van der Waals surface area contributed by atoms with Crippen molar-refractivity contribution in [3.63, 3.8) is 0 Å². The summed E-state index contributed by atoms with van der Waals surface area (Å²) >= 11 is 8.86. The molecule has 0 aliphatic carbocycles. The molecule has 0 fully saturated rings. The van der Waals surface area contributed by atoms with Crippen LogP contribution in [0.4, 0.5) is 13.2 Å². The van der Waals surface area contributed by atoms with Crippen molar-refractivity contribution < 1.29 is 13.2 Å². The van der Waals surface area contributed by atoms with E-state index in [2.05, 4.69) is 15.9 Å². The molecule has 0 aromatic heterocycles. The summed E-state index contributed by atoms with van der Waals surface area (Å²) in [5, 5.41) is 0.177. The predicted molar refractivity (Wildman–Crippen MR) is 76.1 cm³/mol. The fourth-order valence-electron chi connectivity index (χ4n) is 1.91. The first-order valence-corrected chi connectivity index (χ1v) is 6.90. The van der Waals surface area contributed by atoms with E-state index in [0.29, 0.717) is 5.56 Å². The molecule has 0 aliphatic rings. The molecule has 2 rings (SSSR count). The van der Waals surface area contributed by atoms with Crippen LogP contribution >= 0.6 is 27.5 Å². The van der Waals surface area contributed by atoms with E-state index in [1.165, 1.54) is 18.2 Å². The topological polar surface area (TPSA) is 26.0 Å². The Morgan fingerprint density at radius 1 is 1.15 bits per heavy atom. The molecule has 0 radical (unpaired) electrons. The molecule has 0 heterocycles. The normalized spacial score (nSPS) is 12.5. The summed E-state index contributed by atoms with van der Waals surface area (Å²) in [5.74, 6) is -1.95. The van der Waals surface area contributed by atoms with Crippen LogP contribution < -0.4 is 5.73 Å². The smallest absolute Gasteiger partial charge is 0.145 e. The Morgan fingerprint density at radius 2 is 1.85 bits per heavy atom. The molecule has 0 bridgehead atoms. The number of halogens is 5. The fraction of sp³-hybridized carbons (Fsp3) is 0.143. The molecule has 1 nitrogen and oxygen atoms in total. The molecule has 0 spiro atoms. The number of rotatable bonds is 3. The summed E-state index contributed by atoms with van der Waals surface area (Å²) in [5.41, 5.74) is 6.16. The van der Waals surface area contributed by atoms with Gasteiger partial charge in [0.2, 0.25) is 0 Å². The molecular weight excluding hydrogens is 355 g/mol. The van der Waals surface area contributed by atoms with Crippen molar-refractivity contribution in [2.75, 3.05) is 0 Å². The van der Waals surface area contributed by atoms with Gasteiger partial charge in [0.05, 0.1) is 4.47 Å². The van der Waals surface area contributed by atoms with Crippen LogP contribution in [0.1, 0.15) is 17.2 Å². The van der Waals surface area contributed by atoms with Crippen LogP contribution in [0.15, 0.2) is 34.8 Å². The van der Waals surface area contributed by atoms with Gasteiger partial charge in [-0.3, -0.25) is 0 Å². The molecule has 1 unspecified atom stereocenters. The van der Waals surface area contributed by atoms with E-state index in [4.69, 9.17) is 17.3 Å². The molecule has 2 aromatic carbocycles. The Kier molecular flexibility index (Phi) is 4.73. The minimum absolute atomic E-state index is 0.101. The number of nitrogens with two attached hydrogens (primary N) is 1. The second-order valence-electron chi connectivity index (χ2n) is 4.30. The number of hydrogen-bond donors (Lipinski definition) is 1. The first-order valence-electron chi connectivity index (χ1n) is 5.73. The summed E-state index contributed by atoms with van der Waals surface area (Å²) in [6.07, 6.45) is 0.101. The van der Waals surface area contributed by atoms with E-state index in [0.717, 1.165) is 12.1 Å². The quantitative estimate of drug-likeness (QED) is 0.781. The Morgan fingerprint density at radius 3 is 2.50 bits per heavy atom. The van der Waals surface area contributed by atoms with Crippen molar-refractivity contribution in [3.8, 4) is 0 Å². The van der Waals surface area contributed by atoms with Crippen molar-refractivity contribution in [1.82, 2.24) is 0 Å². The van der Waals surface area contributed by atoms with Gasteiger partial charge < -0.3 is 5.73 Å².